The Kier molecular flexibility index (Phi) is 2.14. The second-order valence-electron chi connectivity index (χ2n) is 2.97. The van der Waals surface area contributed by atoms with Crippen LogP contribution in [0, 0.1) is 0 Å². The molecule has 2 rings (SSSR count). The summed E-state index contributed by atoms with van der Waals surface area (Å²) in [6.07, 6.45) is 3.84. The van der Waals surface area contributed by atoms with Crippen molar-refractivity contribution in [3.8, 4) is 0 Å². The molecule has 0 saturated carbocycles. The molecule has 0 unspecified atom stereocenters. The Labute approximate surface area is 79.8 Å². The van der Waals surface area contributed by atoms with Crippen LogP contribution in [0.15, 0.2) is 18.5 Å². The van der Waals surface area contributed by atoms with E-state index in [2.05, 4.69) is 15.0 Å². The van der Waals surface area contributed by atoms with Gasteiger partial charge in [0.25, 0.3) is 0 Å². The number of aromatic amines is 1. The molecule has 0 radical (unpaired) electrons. The number of nitrogens with one attached hydrogen (secondary N) is 1. The number of aryl methyl sites for hydroxylation is 1. The van der Waals surface area contributed by atoms with Gasteiger partial charge in [0, 0.05) is 12.6 Å². The van der Waals surface area contributed by atoms with Gasteiger partial charge in [-0.2, -0.15) is 0 Å². The summed E-state index contributed by atoms with van der Waals surface area (Å²) in [4.78, 5) is 21.5. The van der Waals surface area contributed by atoms with Crippen molar-refractivity contribution in [2.45, 2.75) is 12.8 Å². The van der Waals surface area contributed by atoms with Gasteiger partial charge in [0.15, 0.2) is 0 Å². The van der Waals surface area contributed by atoms with E-state index in [1.165, 1.54) is 0 Å². The van der Waals surface area contributed by atoms with Gasteiger partial charge < -0.3 is 10.1 Å². The van der Waals surface area contributed by atoms with Crippen molar-refractivity contribution in [1.29, 1.82) is 0 Å². The predicted octanol–water partition coefficient (Wildman–Crippen LogP) is 0.975. The minimum Gasteiger partial charge on any atom is -0.481 e. The molecule has 14 heavy (non-hydrogen) atoms. The normalized spacial score (nSPS) is 10.6. The monoisotopic (exact) mass is 191 g/mol. The fourth-order valence-corrected chi connectivity index (χ4v) is 1.25. The molecule has 0 saturated heterocycles. The van der Waals surface area contributed by atoms with E-state index in [9.17, 15) is 4.79 Å². The quantitative estimate of drug-likeness (QED) is 0.757. The van der Waals surface area contributed by atoms with Crippen molar-refractivity contribution in [2.24, 2.45) is 0 Å². The van der Waals surface area contributed by atoms with E-state index >= 15 is 0 Å². The number of hydrogen-bond acceptors (Lipinski definition) is 3. The average molecular weight is 191 g/mol. The van der Waals surface area contributed by atoms with Crippen LogP contribution in [-0.4, -0.2) is 26.0 Å². The molecule has 0 atom stereocenters. The Hall–Kier alpha value is -1.91. The number of aliphatic carboxylic acids is 1. The van der Waals surface area contributed by atoms with Gasteiger partial charge >= 0.3 is 5.97 Å². The van der Waals surface area contributed by atoms with Crippen LogP contribution in [0.5, 0.6) is 0 Å². The standard InChI is InChI=1S/C9H9N3O2/c13-9(14)2-1-8-11-6-3-4-10-5-7(6)12-8/h3-5H,1-2H2,(H,11,12)(H,13,14). The Bertz CT molecular complexity index is 431. The zero-order chi connectivity index (χ0) is 9.97. The lowest BCUT2D eigenvalue weighted by Gasteiger charge is -1.89. The summed E-state index contributed by atoms with van der Waals surface area (Å²) < 4.78 is 0. The molecule has 0 aliphatic rings. The van der Waals surface area contributed by atoms with Gasteiger partial charge in [-0.15, -0.1) is 0 Å². The molecule has 0 bridgehead atoms. The summed E-state index contributed by atoms with van der Waals surface area (Å²) in [6, 6.07) is 1.79. The molecule has 2 heterocycles. The number of hydrogen-bond donors (Lipinski definition) is 2. The molecule has 2 aromatic heterocycles. The number of rotatable bonds is 3. The molecule has 0 amide bonds. The highest BCUT2D eigenvalue weighted by molar-refractivity contribution is 5.73. The first-order chi connectivity index (χ1) is 6.75. The Morgan fingerprint density at radius 2 is 2.43 bits per heavy atom. The van der Waals surface area contributed by atoms with E-state index in [1.807, 2.05) is 0 Å². The minimum atomic E-state index is -0.816. The number of pyridine rings is 1. The lowest BCUT2D eigenvalue weighted by atomic mass is 10.3. The number of carboxylic acids is 1. The number of imidazole rings is 1. The number of fused-ring (bicyclic) bond motifs is 1. The third kappa shape index (κ3) is 1.71. The van der Waals surface area contributed by atoms with Gasteiger partial charge in [0.1, 0.15) is 5.82 Å². The first kappa shape index (κ1) is 8.68. The maximum Gasteiger partial charge on any atom is 0.303 e. The smallest absolute Gasteiger partial charge is 0.303 e. The lowest BCUT2D eigenvalue weighted by Crippen LogP contribution is -1.98. The van der Waals surface area contributed by atoms with Gasteiger partial charge in [0.2, 0.25) is 0 Å². The van der Waals surface area contributed by atoms with Crippen molar-refractivity contribution in [2.75, 3.05) is 0 Å². The van der Waals surface area contributed by atoms with Crippen LogP contribution in [0.25, 0.3) is 11.0 Å². The van der Waals surface area contributed by atoms with Gasteiger partial charge in [-0.05, 0) is 6.07 Å². The topological polar surface area (TPSA) is 78.9 Å². The second kappa shape index (κ2) is 3.45. The average Bonchev–Trinajstić information content (AvgIpc) is 2.57. The number of carbonyl (C=O) groups is 1. The predicted molar refractivity (Wildman–Crippen MR) is 49.8 cm³/mol. The number of H-pyrrole nitrogens is 1. The van der Waals surface area contributed by atoms with E-state index in [0.717, 1.165) is 11.0 Å². The Morgan fingerprint density at radius 1 is 1.57 bits per heavy atom. The molecule has 0 aliphatic carbocycles. The summed E-state index contributed by atoms with van der Waals surface area (Å²) >= 11 is 0. The van der Waals surface area contributed by atoms with Crippen molar-refractivity contribution in [3.63, 3.8) is 0 Å². The highest BCUT2D eigenvalue weighted by Crippen LogP contribution is 2.09. The summed E-state index contributed by atoms with van der Waals surface area (Å²) in [7, 11) is 0. The van der Waals surface area contributed by atoms with Gasteiger partial charge in [-0.25, -0.2) is 4.98 Å². The number of nitrogens with zero attached hydrogens (tertiary/aromatic N) is 2. The molecule has 0 aliphatic heterocycles. The second-order valence-corrected chi connectivity index (χ2v) is 2.97. The van der Waals surface area contributed by atoms with Crippen molar-refractivity contribution in [1.82, 2.24) is 15.0 Å². The molecule has 5 heteroatoms. The molecule has 2 N–H and O–H groups in total. The molecule has 0 fully saturated rings. The lowest BCUT2D eigenvalue weighted by molar-refractivity contribution is -0.137. The summed E-state index contributed by atoms with van der Waals surface area (Å²) in [5, 5.41) is 8.50. The summed E-state index contributed by atoms with van der Waals surface area (Å²) in [6.45, 7) is 0. The number of aromatic nitrogens is 3. The van der Waals surface area contributed by atoms with Crippen LogP contribution in [0.3, 0.4) is 0 Å². The molecule has 5 nitrogen and oxygen atoms in total. The van der Waals surface area contributed by atoms with Crippen LogP contribution in [0.2, 0.25) is 0 Å². The van der Waals surface area contributed by atoms with E-state index < -0.39 is 5.97 Å². The largest absolute Gasteiger partial charge is 0.481 e. The van der Waals surface area contributed by atoms with Crippen molar-refractivity contribution in [3.05, 3.63) is 24.3 Å². The van der Waals surface area contributed by atoms with Gasteiger partial charge in [-0.1, -0.05) is 0 Å². The molecule has 2 aromatic rings. The zero-order valence-electron chi connectivity index (χ0n) is 7.40. The van der Waals surface area contributed by atoms with Crippen molar-refractivity contribution < 1.29 is 9.90 Å². The third-order valence-electron chi connectivity index (χ3n) is 1.91. The zero-order valence-corrected chi connectivity index (χ0v) is 7.40. The molecule has 0 aromatic carbocycles. The maximum atomic E-state index is 10.3. The van der Waals surface area contributed by atoms with E-state index in [0.29, 0.717) is 12.2 Å². The fourth-order valence-electron chi connectivity index (χ4n) is 1.25. The molecule has 72 valence electrons. The van der Waals surface area contributed by atoms with Crippen LogP contribution in [0.4, 0.5) is 0 Å². The van der Waals surface area contributed by atoms with Crippen LogP contribution in [0.1, 0.15) is 12.2 Å². The highest BCUT2D eigenvalue weighted by Gasteiger charge is 2.04. The van der Waals surface area contributed by atoms with Gasteiger partial charge in [-0.3, -0.25) is 9.78 Å². The van der Waals surface area contributed by atoms with Crippen LogP contribution in [-0.2, 0) is 11.2 Å². The van der Waals surface area contributed by atoms with E-state index in [-0.39, 0.29) is 6.42 Å². The van der Waals surface area contributed by atoms with Crippen LogP contribution < -0.4 is 0 Å². The highest BCUT2D eigenvalue weighted by atomic mass is 16.4. The molecule has 0 spiro atoms. The van der Waals surface area contributed by atoms with Crippen LogP contribution >= 0.6 is 0 Å². The number of carboxylic acid groups (broad SMARTS) is 1. The summed E-state index contributed by atoms with van der Waals surface area (Å²) in [5.41, 5.74) is 1.66. The fraction of sp³-hybridized carbons (Fsp3) is 0.222. The first-order valence-corrected chi connectivity index (χ1v) is 4.26. The van der Waals surface area contributed by atoms with E-state index in [4.69, 9.17) is 5.11 Å². The van der Waals surface area contributed by atoms with E-state index in [1.54, 1.807) is 18.5 Å². The third-order valence-corrected chi connectivity index (χ3v) is 1.91. The maximum absolute atomic E-state index is 10.3. The first-order valence-electron chi connectivity index (χ1n) is 4.26. The Balaban J connectivity index is 2.22. The molecular formula is C9H9N3O2. The Morgan fingerprint density at radius 3 is 3.14 bits per heavy atom. The van der Waals surface area contributed by atoms with Crippen molar-refractivity contribution >= 4 is 17.0 Å². The summed E-state index contributed by atoms with van der Waals surface area (Å²) in [5.74, 6) is -0.126. The minimum absolute atomic E-state index is 0.0905. The molecular weight excluding hydrogens is 182 g/mol. The SMILES string of the molecule is O=C(O)CCc1nc2ccncc2[nH]1. The van der Waals surface area contributed by atoms with Gasteiger partial charge in [0.05, 0.1) is 23.7 Å².